The van der Waals surface area contributed by atoms with Gasteiger partial charge in [-0.15, -0.1) is 0 Å². The van der Waals surface area contributed by atoms with Gasteiger partial charge in [0.2, 0.25) is 5.95 Å². The van der Waals surface area contributed by atoms with Crippen LogP contribution in [-0.4, -0.2) is 30.1 Å². The third-order valence-electron chi connectivity index (χ3n) is 2.91. The number of nitrogens with one attached hydrogen (secondary N) is 1. The zero-order chi connectivity index (χ0) is 11.8. The summed E-state index contributed by atoms with van der Waals surface area (Å²) in [6.45, 7) is 0. The molecule has 0 amide bonds. The largest absolute Gasteiger partial charge is 0.367 e. The van der Waals surface area contributed by atoms with Crippen LogP contribution in [0.3, 0.4) is 0 Å². The molecule has 0 spiro atoms. The van der Waals surface area contributed by atoms with E-state index < -0.39 is 0 Å². The number of hydrogen-bond acceptors (Lipinski definition) is 4. The molecule has 3 rings (SSSR count). The van der Waals surface area contributed by atoms with Crippen molar-refractivity contribution in [2.75, 3.05) is 24.3 Å². The molecule has 17 heavy (non-hydrogen) atoms. The Morgan fingerprint density at radius 1 is 1.18 bits per heavy atom. The van der Waals surface area contributed by atoms with E-state index in [0.717, 1.165) is 22.7 Å². The molecule has 1 heterocycles. The lowest BCUT2D eigenvalue weighted by atomic mass is 10.2. The highest BCUT2D eigenvalue weighted by Crippen LogP contribution is 2.28. The smallest absolute Gasteiger partial charge is 0.227 e. The van der Waals surface area contributed by atoms with E-state index in [4.69, 9.17) is 0 Å². The van der Waals surface area contributed by atoms with Crippen molar-refractivity contribution >= 4 is 22.7 Å². The molecular formula is C13H16N4. The van der Waals surface area contributed by atoms with E-state index in [1.165, 1.54) is 12.8 Å². The fourth-order valence-electron chi connectivity index (χ4n) is 1.80. The van der Waals surface area contributed by atoms with E-state index in [1.54, 1.807) is 0 Å². The maximum Gasteiger partial charge on any atom is 0.227 e. The van der Waals surface area contributed by atoms with Crippen LogP contribution in [0.2, 0.25) is 0 Å². The van der Waals surface area contributed by atoms with Crippen LogP contribution in [0.15, 0.2) is 24.3 Å². The maximum atomic E-state index is 4.58. The molecule has 0 radical (unpaired) electrons. The van der Waals surface area contributed by atoms with E-state index in [0.29, 0.717) is 6.04 Å². The Kier molecular flexibility index (Phi) is 2.35. The molecule has 1 fully saturated rings. The topological polar surface area (TPSA) is 41.1 Å². The highest BCUT2D eigenvalue weighted by Gasteiger charge is 2.22. The van der Waals surface area contributed by atoms with Gasteiger partial charge in [0, 0.05) is 25.5 Å². The second-order valence-corrected chi connectivity index (χ2v) is 4.70. The summed E-state index contributed by atoms with van der Waals surface area (Å²) in [6.07, 6.45) is 2.49. The van der Waals surface area contributed by atoms with Gasteiger partial charge < -0.3 is 10.2 Å². The summed E-state index contributed by atoms with van der Waals surface area (Å²) >= 11 is 0. The summed E-state index contributed by atoms with van der Waals surface area (Å²) in [5.74, 6) is 1.72. The van der Waals surface area contributed by atoms with Crippen molar-refractivity contribution in [3.63, 3.8) is 0 Å². The Balaban J connectivity index is 2.13. The van der Waals surface area contributed by atoms with Crippen molar-refractivity contribution < 1.29 is 0 Å². The van der Waals surface area contributed by atoms with Gasteiger partial charge in [-0.25, -0.2) is 4.98 Å². The summed E-state index contributed by atoms with van der Waals surface area (Å²) in [7, 11) is 3.93. The van der Waals surface area contributed by atoms with Crippen LogP contribution < -0.4 is 10.2 Å². The number of aromatic nitrogens is 2. The van der Waals surface area contributed by atoms with E-state index in [9.17, 15) is 0 Å². The summed E-state index contributed by atoms with van der Waals surface area (Å²) in [4.78, 5) is 11.1. The van der Waals surface area contributed by atoms with Gasteiger partial charge in [0.15, 0.2) is 0 Å². The molecule has 0 saturated heterocycles. The van der Waals surface area contributed by atoms with Crippen LogP contribution in [0, 0.1) is 0 Å². The molecule has 0 bridgehead atoms. The number of nitrogens with zero attached hydrogens (tertiary/aromatic N) is 3. The van der Waals surface area contributed by atoms with E-state index in [2.05, 4.69) is 21.4 Å². The minimum Gasteiger partial charge on any atom is -0.367 e. The second kappa shape index (κ2) is 3.87. The molecule has 4 nitrogen and oxygen atoms in total. The van der Waals surface area contributed by atoms with Crippen LogP contribution in [-0.2, 0) is 0 Å². The Labute approximate surface area is 101 Å². The second-order valence-electron chi connectivity index (χ2n) is 4.70. The lowest BCUT2D eigenvalue weighted by Crippen LogP contribution is -2.14. The van der Waals surface area contributed by atoms with Crippen LogP contribution in [0.25, 0.3) is 10.9 Å². The fourth-order valence-corrected chi connectivity index (χ4v) is 1.80. The number of rotatable bonds is 3. The van der Waals surface area contributed by atoms with Crippen LogP contribution in [0.1, 0.15) is 12.8 Å². The minimum atomic E-state index is 0.600. The average molecular weight is 228 g/mol. The molecule has 1 aliphatic rings. The first-order valence-electron chi connectivity index (χ1n) is 5.94. The van der Waals surface area contributed by atoms with Gasteiger partial charge in [-0.05, 0) is 25.0 Å². The minimum absolute atomic E-state index is 0.600. The van der Waals surface area contributed by atoms with Crippen LogP contribution in [0.5, 0.6) is 0 Å². The zero-order valence-corrected chi connectivity index (χ0v) is 10.1. The summed E-state index contributed by atoms with van der Waals surface area (Å²) < 4.78 is 0. The van der Waals surface area contributed by atoms with Gasteiger partial charge in [-0.2, -0.15) is 4.98 Å². The molecule has 1 aromatic heterocycles. The number of hydrogen-bond donors (Lipinski definition) is 1. The molecule has 88 valence electrons. The van der Waals surface area contributed by atoms with Gasteiger partial charge in [0.05, 0.1) is 5.52 Å². The first kappa shape index (κ1) is 10.3. The molecule has 1 aliphatic carbocycles. The third-order valence-corrected chi connectivity index (χ3v) is 2.91. The Morgan fingerprint density at radius 3 is 2.65 bits per heavy atom. The molecule has 2 aromatic rings. The van der Waals surface area contributed by atoms with Gasteiger partial charge in [0.25, 0.3) is 0 Å². The van der Waals surface area contributed by atoms with Crippen molar-refractivity contribution in [3.8, 4) is 0 Å². The highest BCUT2D eigenvalue weighted by molar-refractivity contribution is 5.90. The standard InChI is InChI=1S/C13H16N4/c1-17(2)13-15-11-6-4-3-5-10(11)12(16-13)14-9-7-8-9/h3-6,9H,7-8H2,1-2H3,(H,14,15,16). The van der Waals surface area contributed by atoms with Crippen LogP contribution >= 0.6 is 0 Å². The summed E-state index contributed by atoms with van der Waals surface area (Å²) in [5.41, 5.74) is 0.995. The Bertz CT molecular complexity index is 546. The highest BCUT2D eigenvalue weighted by atomic mass is 15.2. The lowest BCUT2D eigenvalue weighted by Gasteiger charge is -2.14. The van der Waals surface area contributed by atoms with Gasteiger partial charge in [-0.3, -0.25) is 0 Å². The van der Waals surface area contributed by atoms with Crippen molar-refractivity contribution in [2.24, 2.45) is 0 Å². The molecule has 0 atom stereocenters. The molecule has 1 N–H and O–H groups in total. The Hall–Kier alpha value is -1.84. The number of anilines is 2. The quantitative estimate of drug-likeness (QED) is 0.875. The van der Waals surface area contributed by atoms with Crippen molar-refractivity contribution in [1.82, 2.24) is 9.97 Å². The van der Waals surface area contributed by atoms with E-state index >= 15 is 0 Å². The summed E-state index contributed by atoms with van der Waals surface area (Å²) in [6, 6.07) is 8.74. The third kappa shape index (κ3) is 2.02. The first-order chi connectivity index (χ1) is 8.24. The normalized spacial score (nSPS) is 14.9. The number of para-hydroxylation sites is 1. The van der Waals surface area contributed by atoms with E-state index in [-0.39, 0.29) is 0 Å². The molecular weight excluding hydrogens is 212 g/mol. The molecule has 0 unspecified atom stereocenters. The predicted octanol–water partition coefficient (Wildman–Crippen LogP) is 2.27. The van der Waals surface area contributed by atoms with Gasteiger partial charge in [-0.1, -0.05) is 12.1 Å². The SMILES string of the molecule is CN(C)c1nc(NC2CC2)c2ccccc2n1. The maximum absolute atomic E-state index is 4.58. The van der Waals surface area contributed by atoms with Crippen LogP contribution in [0.4, 0.5) is 11.8 Å². The molecule has 4 heteroatoms. The monoisotopic (exact) mass is 228 g/mol. The van der Waals surface area contributed by atoms with E-state index in [1.807, 2.05) is 37.2 Å². The fraction of sp³-hybridized carbons (Fsp3) is 0.385. The average Bonchev–Trinajstić information content (AvgIpc) is 3.13. The Morgan fingerprint density at radius 2 is 1.94 bits per heavy atom. The first-order valence-corrected chi connectivity index (χ1v) is 5.94. The zero-order valence-electron chi connectivity index (χ0n) is 10.1. The molecule has 1 saturated carbocycles. The molecule has 0 aliphatic heterocycles. The lowest BCUT2D eigenvalue weighted by molar-refractivity contribution is 1.01. The van der Waals surface area contributed by atoms with Gasteiger partial charge >= 0.3 is 0 Å². The number of benzene rings is 1. The molecule has 1 aromatic carbocycles. The summed E-state index contributed by atoms with van der Waals surface area (Å²) in [5, 5.41) is 4.58. The van der Waals surface area contributed by atoms with Gasteiger partial charge in [0.1, 0.15) is 5.82 Å². The van der Waals surface area contributed by atoms with Crippen molar-refractivity contribution in [3.05, 3.63) is 24.3 Å². The number of fused-ring (bicyclic) bond motifs is 1. The van der Waals surface area contributed by atoms with Crippen molar-refractivity contribution in [2.45, 2.75) is 18.9 Å². The predicted molar refractivity (Wildman–Crippen MR) is 70.5 cm³/mol. The van der Waals surface area contributed by atoms with Crippen molar-refractivity contribution in [1.29, 1.82) is 0 Å².